The van der Waals surface area contributed by atoms with Crippen LogP contribution in [-0.4, -0.2) is 29.3 Å². The number of carbonyl (C=O) groups excluding carboxylic acids is 1. The number of rotatable bonds is 9. The first-order valence-corrected chi connectivity index (χ1v) is 13.9. The van der Waals surface area contributed by atoms with Gasteiger partial charge in [0.15, 0.2) is 11.5 Å². The highest BCUT2D eigenvalue weighted by atomic mass is 79.9. The molecule has 0 amide bonds. The number of benzene rings is 3. The molecule has 0 saturated carbocycles. The van der Waals surface area contributed by atoms with Gasteiger partial charge in [-0.3, -0.25) is 0 Å². The van der Waals surface area contributed by atoms with Gasteiger partial charge in [0.25, 0.3) is 0 Å². The highest BCUT2D eigenvalue weighted by molar-refractivity contribution is 9.10. The Hall–Kier alpha value is -3.20. The molecule has 1 aliphatic rings. The van der Waals surface area contributed by atoms with Crippen LogP contribution in [0.3, 0.4) is 0 Å². The summed E-state index contributed by atoms with van der Waals surface area (Å²) in [6.07, 6.45) is 1.77. The second-order valence-corrected chi connectivity index (χ2v) is 10.3. The predicted molar refractivity (Wildman–Crippen MR) is 156 cm³/mol. The van der Waals surface area contributed by atoms with E-state index in [4.69, 9.17) is 25.8 Å². The standard InChI is InChI=1S/C29H25BrClNO5S/c1-3-35-23-14-19(22(30)16-24(23)37-17-18-10-12-20(31)13-11-18)15-25-27(33)26(29(34)36-4-2)28(38-25)32-21-8-6-5-7-9-21/h5-16,33H,3-4,17H2,1-2H3/b25-15-,32-28?. The van der Waals surface area contributed by atoms with E-state index in [1.807, 2.05) is 73.7 Å². The molecular formula is C29H25BrClNO5S. The number of carbonyl (C=O) groups is 1. The molecule has 0 spiro atoms. The van der Waals surface area contributed by atoms with Gasteiger partial charge in [-0.05, 0) is 67.4 Å². The molecule has 3 aromatic rings. The zero-order valence-corrected chi connectivity index (χ0v) is 23.9. The van der Waals surface area contributed by atoms with Crippen molar-refractivity contribution >= 4 is 62.1 Å². The molecule has 196 valence electrons. The second kappa shape index (κ2) is 13.0. The summed E-state index contributed by atoms with van der Waals surface area (Å²) in [4.78, 5) is 17.7. The molecule has 0 aromatic heterocycles. The first-order chi connectivity index (χ1) is 18.4. The predicted octanol–water partition coefficient (Wildman–Crippen LogP) is 8.27. The third-order valence-corrected chi connectivity index (χ3v) is 7.27. The lowest BCUT2D eigenvalue weighted by molar-refractivity contribution is -0.138. The molecule has 9 heteroatoms. The number of para-hydroxylation sites is 1. The van der Waals surface area contributed by atoms with Crippen LogP contribution in [-0.2, 0) is 16.1 Å². The van der Waals surface area contributed by atoms with Gasteiger partial charge in [0.2, 0.25) is 0 Å². The SMILES string of the molecule is CCOC(=O)C1=C(O)/C(=C/c2cc(OCC)c(OCc3ccc(Cl)cc3)cc2Br)SC1=Nc1ccccc1. The van der Waals surface area contributed by atoms with Crippen molar-refractivity contribution in [1.82, 2.24) is 0 Å². The van der Waals surface area contributed by atoms with E-state index in [9.17, 15) is 9.90 Å². The molecule has 0 saturated heterocycles. The zero-order chi connectivity index (χ0) is 27.1. The summed E-state index contributed by atoms with van der Waals surface area (Å²) in [6, 6.07) is 20.3. The lowest BCUT2D eigenvalue weighted by Gasteiger charge is -2.14. The number of aliphatic hydroxyl groups excluding tert-OH is 1. The lowest BCUT2D eigenvalue weighted by atomic mass is 10.1. The topological polar surface area (TPSA) is 77.4 Å². The van der Waals surface area contributed by atoms with Gasteiger partial charge < -0.3 is 19.3 Å². The van der Waals surface area contributed by atoms with Crippen molar-refractivity contribution in [3.05, 3.63) is 104 Å². The van der Waals surface area contributed by atoms with E-state index >= 15 is 0 Å². The van der Waals surface area contributed by atoms with Crippen molar-refractivity contribution in [1.29, 1.82) is 0 Å². The van der Waals surface area contributed by atoms with Crippen LogP contribution < -0.4 is 9.47 Å². The lowest BCUT2D eigenvalue weighted by Crippen LogP contribution is -2.12. The van der Waals surface area contributed by atoms with Crippen LogP contribution >= 0.6 is 39.3 Å². The Morgan fingerprint density at radius 3 is 2.42 bits per heavy atom. The largest absolute Gasteiger partial charge is 0.506 e. The quantitative estimate of drug-likeness (QED) is 0.245. The molecule has 1 heterocycles. The summed E-state index contributed by atoms with van der Waals surface area (Å²) in [7, 11) is 0. The first-order valence-electron chi connectivity index (χ1n) is 11.9. The molecule has 3 aromatic carbocycles. The van der Waals surface area contributed by atoms with Crippen molar-refractivity contribution in [2.75, 3.05) is 13.2 Å². The summed E-state index contributed by atoms with van der Waals surface area (Å²) >= 11 is 10.8. The van der Waals surface area contributed by atoms with Crippen LogP contribution in [0.1, 0.15) is 25.0 Å². The van der Waals surface area contributed by atoms with Crippen LogP contribution in [0.5, 0.6) is 11.5 Å². The molecule has 1 N–H and O–H groups in total. The maximum atomic E-state index is 12.7. The Bertz CT molecular complexity index is 1400. The Balaban J connectivity index is 1.67. The normalized spacial score (nSPS) is 15.3. The van der Waals surface area contributed by atoms with E-state index in [2.05, 4.69) is 20.9 Å². The van der Waals surface area contributed by atoms with E-state index in [1.54, 1.807) is 13.0 Å². The summed E-state index contributed by atoms with van der Waals surface area (Å²) in [6.45, 7) is 4.56. The molecule has 4 rings (SSSR count). The van der Waals surface area contributed by atoms with Gasteiger partial charge in [0.05, 0.1) is 23.8 Å². The van der Waals surface area contributed by atoms with Gasteiger partial charge in [0, 0.05) is 9.50 Å². The molecule has 0 atom stereocenters. The number of hydrogen-bond donors (Lipinski definition) is 1. The van der Waals surface area contributed by atoms with Crippen molar-refractivity contribution in [3.63, 3.8) is 0 Å². The van der Waals surface area contributed by atoms with Crippen LogP contribution in [0.25, 0.3) is 6.08 Å². The maximum absolute atomic E-state index is 12.7. The van der Waals surface area contributed by atoms with Gasteiger partial charge in [-0.25, -0.2) is 9.79 Å². The first kappa shape index (κ1) is 27.8. The molecule has 1 aliphatic heterocycles. The van der Waals surface area contributed by atoms with Crippen molar-refractivity contribution in [3.8, 4) is 11.5 Å². The van der Waals surface area contributed by atoms with Gasteiger partial charge in [-0.1, -0.05) is 69.6 Å². The fourth-order valence-corrected chi connectivity index (χ4v) is 5.13. The number of thioether (sulfide) groups is 1. The molecular weight excluding hydrogens is 590 g/mol. The number of esters is 1. The van der Waals surface area contributed by atoms with Crippen LogP contribution in [0, 0.1) is 0 Å². The van der Waals surface area contributed by atoms with Crippen LogP contribution in [0.2, 0.25) is 5.02 Å². The number of hydrogen-bond acceptors (Lipinski definition) is 7. The Kier molecular flexibility index (Phi) is 9.55. The summed E-state index contributed by atoms with van der Waals surface area (Å²) < 4.78 is 17.8. The highest BCUT2D eigenvalue weighted by Crippen LogP contribution is 2.42. The maximum Gasteiger partial charge on any atom is 0.344 e. The minimum absolute atomic E-state index is 0.0380. The number of halogens is 2. The molecule has 0 unspecified atom stereocenters. The molecule has 6 nitrogen and oxygen atoms in total. The van der Waals surface area contributed by atoms with Crippen LogP contribution in [0.4, 0.5) is 5.69 Å². The third-order valence-electron chi connectivity index (χ3n) is 5.31. The highest BCUT2D eigenvalue weighted by Gasteiger charge is 2.33. The smallest absolute Gasteiger partial charge is 0.344 e. The fourth-order valence-electron chi connectivity index (χ4n) is 3.54. The Morgan fingerprint density at radius 2 is 1.74 bits per heavy atom. The van der Waals surface area contributed by atoms with E-state index in [1.165, 1.54) is 11.8 Å². The molecule has 0 radical (unpaired) electrons. The van der Waals surface area contributed by atoms with Crippen LogP contribution in [0.15, 0.2) is 92.4 Å². The monoisotopic (exact) mass is 613 g/mol. The Labute approximate surface area is 239 Å². The minimum atomic E-state index is -0.629. The Morgan fingerprint density at radius 1 is 1.03 bits per heavy atom. The van der Waals surface area contributed by atoms with Crippen molar-refractivity contribution in [2.45, 2.75) is 20.5 Å². The van der Waals surface area contributed by atoms with E-state index in [0.717, 1.165) is 15.6 Å². The molecule has 38 heavy (non-hydrogen) atoms. The van der Waals surface area contributed by atoms with Crippen molar-refractivity contribution in [2.24, 2.45) is 4.99 Å². The van der Waals surface area contributed by atoms with Gasteiger partial charge in [-0.15, -0.1) is 0 Å². The number of aliphatic imine (C=N–C) groups is 1. The molecule has 0 bridgehead atoms. The van der Waals surface area contributed by atoms with E-state index in [-0.39, 0.29) is 17.9 Å². The average Bonchev–Trinajstić information content (AvgIpc) is 3.21. The second-order valence-electron chi connectivity index (χ2n) is 7.98. The number of nitrogens with zero attached hydrogens (tertiary/aromatic N) is 1. The average molecular weight is 615 g/mol. The minimum Gasteiger partial charge on any atom is -0.506 e. The van der Waals surface area contributed by atoms with E-state index in [0.29, 0.717) is 45.4 Å². The van der Waals surface area contributed by atoms with Gasteiger partial charge >= 0.3 is 5.97 Å². The van der Waals surface area contributed by atoms with E-state index < -0.39 is 5.97 Å². The third kappa shape index (κ3) is 6.81. The number of aliphatic hydroxyl groups is 1. The molecule has 0 fully saturated rings. The fraction of sp³-hybridized carbons (Fsp3) is 0.172. The zero-order valence-electron chi connectivity index (χ0n) is 20.7. The van der Waals surface area contributed by atoms with Gasteiger partial charge in [-0.2, -0.15) is 0 Å². The van der Waals surface area contributed by atoms with Crippen molar-refractivity contribution < 1.29 is 24.1 Å². The summed E-state index contributed by atoms with van der Waals surface area (Å²) in [5.74, 6) is 0.298. The molecule has 0 aliphatic carbocycles. The van der Waals surface area contributed by atoms with Gasteiger partial charge in [0.1, 0.15) is 23.0 Å². The number of ether oxygens (including phenoxy) is 3. The summed E-state index contributed by atoms with van der Waals surface area (Å²) in [5.41, 5.74) is 2.39. The summed E-state index contributed by atoms with van der Waals surface area (Å²) in [5, 5.41) is 12.1.